The number of nitrogens with zero attached hydrogens (tertiary/aromatic N) is 1. The fraction of sp³-hybridized carbons (Fsp3) is 0.500. The molecule has 0 aromatic heterocycles. The molecule has 0 fully saturated rings. The number of carbonyl (C=O) groups excluding carboxylic acids is 1. The zero-order chi connectivity index (χ0) is 11.8. The Morgan fingerprint density at radius 2 is 1.88 bits per heavy atom. The van der Waals surface area contributed by atoms with Crippen molar-refractivity contribution in [2.45, 2.75) is 12.8 Å². The van der Waals surface area contributed by atoms with Crippen molar-refractivity contribution in [1.29, 1.82) is 0 Å². The monoisotopic (exact) mass is 345 g/mol. The molecule has 1 aromatic carbocycles. The second-order valence-corrected chi connectivity index (χ2v) is 5.73. The van der Waals surface area contributed by atoms with Crippen LogP contribution in [0.5, 0.6) is 0 Å². The van der Waals surface area contributed by atoms with Crippen LogP contribution in [-0.2, 0) is 6.42 Å². The van der Waals surface area contributed by atoms with Gasteiger partial charge in [0.15, 0.2) is 5.78 Å². The number of benzene rings is 1. The van der Waals surface area contributed by atoms with Gasteiger partial charge < -0.3 is 28.5 Å². The van der Waals surface area contributed by atoms with Crippen molar-refractivity contribution in [1.82, 2.24) is 0 Å². The summed E-state index contributed by atoms with van der Waals surface area (Å²) in [6.45, 7) is 0.938. The third kappa shape index (κ3) is 3.52. The maximum absolute atomic E-state index is 12.3. The Labute approximate surface area is 121 Å². The van der Waals surface area contributed by atoms with Crippen LogP contribution in [0.25, 0.3) is 0 Å². The molecule has 2 rings (SSSR count). The molecule has 2 nitrogen and oxygen atoms in total. The molecule has 17 heavy (non-hydrogen) atoms. The summed E-state index contributed by atoms with van der Waals surface area (Å²) in [6.07, 6.45) is 2.05. The lowest BCUT2D eigenvalue weighted by Gasteiger charge is -2.31. The van der Waals surface area contributed by atoms with Gasteiger partial charge in [-0.25, -0.2) is 0 Å². The molecule has 0 N–H and O–H groups in total. The average Bonchev–Trinajstić information content (AvgIpc) is 2.21. The van der Waals surface area contributed by atoms with Gasteiger partial charge in [-0.05, 0) is 18.4 Å². The van der Waals surface area contributed by atoms with Crippen molar-refractivity contribution in [3.63, 3.8) is 0 Å². The predicted molar refractivity (Wildman–Crippen MR) is 65.5 cm³/mol. The van der Waals surface area contributed by atoms with Crippen molar-refractivity contribution in [3.8, 4) is 0 Å². The average molecular weight is 345 g/mol. The van der Waals surface area contributed by atoms with Crippen LogP contribution in [0.4, 0.5) is 0 Å². The molecule has 94 valence electrons. The van der Waals surface area contributed by atoms with Crippen molar-refractivity contribution < 1.29 is 33.3 Å². The van der Waals surface area contributed by atoms with Crippen molar-refractivity contribution in [2.75, 3.05) is 27.7 Å². The summed E-state index contributed by atoms with van der Waals surface area (Å²) in [6, 6.07) is 8.03. The molecule has 0 aliphatic heterocycles. The lowest BCUT2D eigenvalue weighted by atomic mass is 9.82. The third-order valence-corrected chi connectivity index (χ3v) is 3.18. The minimum atomic E-state index is 0. The largest absolute Gasteiger partial charge is 1.00 e. The Balaban J connectivity index is 0.00000144. The highest BCUT2D eigenvalue weighted by atomic mass is 127. The van der Waals surface area contributed by atoms with Gasteiger partial charge in [0.05, 0.1) is 33.6 Å². The Bertz CT molecular complexity index is 409. The third-order valence-electron chi connectivity index (χ3n) is 3.18. The summed E-state index contributed by atoms with van der Waals surface area (Å²) >= 11 is 0. The topological polar surface area (TPSA) is 17.1 Å². The molecule has 0 heterocycles. The van der Waals surface area contributed by atoms with Crippen LogP contribution in [0.3, 0.4) is 0 Å². The van der Waals surface area contributed by atoms with Crippen LogP contribution in [0.2, 0.25) is 0 Å². The van der Waals surface area contributed by atoms with Gasteiger partial charge >= 0.3 is 0 Å². The van der Waals surface area contributed by atoms with Gasteiger partial charge in [0, 0.05) is 5.56 Å². The summed E-state index contributed by atoms with van der Waals surface area (Å²) in [5.74, 6) is 0.546. The molecule has 0 bridgehead atoms. The number of hydrogen-bond acceptors (Lipinski definition) is 1. The summed E-state index contributed by atoms with van der Waals surface area (Å²) < 4.78 is 0.860. The van der Waals surface area contributed by atoms with Crippen molar-refractivity contribution in [3.05, 3.63) is 35.4 Å². The first-order valence-corrected chi connectivity index (χ1v) is 5.90. The lowest BCUT2D eigenvalue weighted by molar-refractivity contribution is -0.872. The smallest absolute Gasteiger partial charge is 0.171 e. The first-order chi connectivity index (χ1) is 7.47. The molecule has 0 radical (unpaired) electrons. The zero-order valence-electron chi connectivity index (χ0n) is 10.7. The molecule has 0 saturated carbocycles. The Kier molecular flexibility index (Phi) is 4.72. The number of carbonyl (C=O) groups is 1. The normalized spacial score (nSPS) is 19.5. The molecule has 0 saturated heterocycles. The maximum atomic E-state index is 12.3. The van der Waals surface area contributed by atoms with Crippen LogP contribution in [0, 0.1) is 5.92 Å². The number of halogens is 1. The molecule has 1 atom stereocenters. The quantitative estimate of drug-likeness (QED) is 0.504. The van der Waals surface area contributed by atoms with Crippen LogP contribution in [0.15, 0.2) is 24.3 Å². The molecule has 1 aromatic rings. The summed E-state index contributed by atoms with van der Waals surface area (Å²) in [4.78, 5) is 12.3. The number of Topliss-reactive ketones (excluding diaryl/α,β-unsaturated/α-hetero) is 1. The van der Waals surface area contributed by atoms with E-state index in [0.717, 1.165) is 29.4 Å². The van der Waals surface area contributed by atoms with Gasteiger partial charge in [0.2, 0.25) is 0 Å². The van der Waals surface area contributed by atoms with Crippen LogP contribution in [-0.4, -0.2) is 38.0 Å². The Morgan fingerprint density at radius 3 is 2.53 bits per heavy atom. The number of ketones is 1. The number of aryl methyl sites for hydroxylation is 1. The van der Waals surface area contributed by atoms with Gasteiger partial charge in [-0.2, -0.15) is 0 Å². The minimum absolute atomic E-state index is 0. The van der Waals surface area contributed by atoms with E-state index in [-0.39, 0.29) is 29.9 Å². The molecule has 1 aliphatic carbocycles. The number of quaternary nitrogens is 1. The second-order valence-electron chi connectivity index (χ2n) is 5.73. The number of hydrogen-bond donors (Lipinski definition) is 0. The molecular weight excluding hydrogens is 325 g/mol. The van der Waals surface area contributed by atoms with Crippen LogP contribution in [0.1, 0.15) is 22.3 Å². The predicted octanol–water partition coefficient (Wildman–Crippen LogP) is -0.858. The SMILES string of the molecule is C[N+](C)(C)CC1CCc2ccccc2C1=O.[I-]. The van der Waals surface area contributed by atoms with Crippen molar-refractivity contribution in [2.24, 2.45) is 5.92 Å². The van der Waals surface area contributed by atoms with E-state index in [4.69, 9.17) is 0 Å². The van der Waals surface area contributed by atoms with E-state index < -0.39 is 0 Å². The zero-order valence-corrected chi connectivity index (χ0v) is 12.9. The first kappa shape index (κ1) is 14.6. The van der Waals surface area contributed by atoms with E-state index >= 15 is 0 Å². The van der Waals surface area contributed by atoms with E-state index in [0.29, 0.717) is 5.78 Å². The number of fused-ring (bicyclic) bond motifs is 1. The van der Waals surface area contributed by atoms with E-state index in [9.17, 15) is 4.79 Å². The number of rotatable bonds is 2. The highest BCUT2D eigenvalue weighted by Gasteiger charge is 2.30. The summed E-state index contributed by atoms with van der Waals surface area (Å²) in [5, 5.41) is 0. The Morgan fingerprint density at radius 1 is 1.24 bits per heavy atom. The molecule has 0 spiro atoms. The standard InChI is InChI=1S/C14H20NO.HI/c1-15(2,3)10-12-9-8-11-6-4-5-7-13(11)14(12)16;/h4-7,12H,8-10H2,1-3H3;1H/q+1;/p-1. The highest BCUT2D eigenvalue weighted by Crippen LogP contribution is 2.26. The van der Waals surface area contributed by atoms with E-state index in [1.807, 2.05) is 18.2 Å². The molecule has 1 aliphatic rings. The molecule has 0 amide bonds. The van der Waals surface area contributed by atoms with Gasteiger partial charge in [0.1, 0.15) is 0 Å². The fourth-order valence-corrected chi connectivity index (χ4v) is 2.49. The first-order valence-electron chi connectivity index (χ1n) is 5.90. The lowest BCUT2D eigenvalue weighted by Crippen LogP contribution is -3.00. The Hall–Kier alpha value is -0.420. The van der Waals surface area contributed by atoms with E-state index in [1.165, 1.54) is 5.56 Å². The second kappa shape index (κ2) is 5.48. The van der Waals surface area contributed by atoms with E-state index in [1.54, 1.807) is 0 Å². The van der Waals surface area contributed by atoms with Crippen molar-refractivity contribution >= 4 is 5.78 Å². The minimum Gasteiger partial charge on any atom is -1.00 e. The van der Waals surface area contributed by atoms with Crippen LogP contribution < -0.4 is 24.0 Å². The summed E-state index contributed by atoms with van der Waals surface area (Å²) in [5.41, 5.74) is 2.18. The fourth-order valence-electron chi connectivity index (χ4n) is 2.49. The van der Waals surface area contributed by atoms with Gasteiger partial charge in [-0.1, -0.05) is 24.3 Å². The maximum Gasteiger partial charge on any atom is 0.171 e. The van der Waals surface area contributed by atoms with Gasteiger partial charge in [-0.3, -0.25) is 4.79 Å². The molecular formula is C14H20INO. The summed E-state index contributed by atoms with van der Waals surface area (Å²) in [7, 11) is 6.44. The van der Waals surface area contributed by atoms with E-state index in [2.05, 4.69) is 27.2 Å². The van der Waals surface area contributed by atoms with Crippen LogP contribution >= 0.6 is 0 Å². The molecule has 3 heteroatoms. The molecule has 1 unspecified atom stereocenters. The van der Waals surface area contributed by atoms with Gasteiger partial charge in [-0.15, -0.1) is 0 Å². The highest BCUT2D eigenvalue weighted by molar-refractivity contribution is 6.00. The van der Waals surface area contributed by atoms with Gasteiger partial charge in [0.25, 0.3) is 0 Å².